The number of hydrogen-bond acceptors (Lipinski definition) is 4. The number of nitrogens with zero attached hydrogens (tertiary/aromatic N) is 2. The minimum absolute atomic E-state index is 0.262. The van der Waals surface area contributed by atoms with E-state index in [1.165, 1.54) is 0 Å². The number of nitrogens with two attached hydrogens (primary N) is 1. The number of rotatable bonds is 5. The molecule has 0 aliphatic rings. The van der Waals surface area contributed by atoms with Crippen LogP contribution in [0.25, 0.3) is 0 Å². The number of nitrogens with one attached hydrogen (secondary N) is 1. The Labute approximate surface area is 92.5 Å². The van der Waals surface area contributed by atoms with Crippen molar-refractivity contribution in [1.29, 1.82) is 0 Å². The monoisotopic (exact) mass is 258 g/mol. The van der Waals surface area contributed by atoms with Gasteiger partial charge in [-0.25, -0.2) is 9.97 Å². The second kappa shape index (κ2) is 5.93. The fourth-order valence-corrected chi connectivity index (χ4v) is 1.18. The van der Waals surface area contributed by atoms with Crippen LogP contribution in [0.15, 0.2) is 16.9 Å². The molecular weight excluding hydrogens is 244 g/mol. The van der Waals surface area contributed by atoms with Gasteiger partial charge in [0.2, 0.25) is 5.95 Å². The summed E-state index contributed by atoms with van der Waals surface area (Å²) in [4.78, 5) is 8.18. The van der Waals surface area contributed by atoms with E-state index in [4.69, 9.17) is 5.73 Å². The zero-order valence-corrected chi connectivity index (χ0v) is 9.79. The average Bonchev–Trinajstić information content (AvgIpc) is 2.21. The Morgan fingerprint density at radius 2 is 2.14 bits per heavy atom. The van der Waals surface area contributed by atoms with Crippen LogP contribution in [0.4, 0.5) is 5.95 Å². The molecule has 0 saturated heterocycles. The Morgan fingerprint density at radius 3 is 2.71 bits per heavy atom. The summed E-state index contributed by atoms with van der Waals surface area (Å²) in [5.74, 6) is 0.650. The average molecular weight is 259 g/mol. The molecular formula is C9H15BrN4. The molecule has 0 saturated carbocycles. The highest BCUT2D eigenvalue weighted by molar-refractivity contribution is 9.10. The molecule has 14 heavy (non-hydrogen) atoms. The molecule has 0 fully saturated rings. The number of anilines is 1. The molecule has 0 aliphatic heterocycles. The molecule has 0 amide bonds. The van der Waals surface area contributed by atoms with Crippen molar-refractivity contribution >= 4 is 21.9 Å². The van der Waals surface area contributed by atoms with Gasteiger partial charge in [0.25, 0.3) is 0 Å². The van der Waals surface area contributed by atoms with Crippen LogP contribution in [0.3, 0.4) is 0 Å². The van der Waals surface area contributed by atoms with E-state index < -0.39 is 0 Å². The van der Waals surface area contributed by atoms with Crippen molar-refractivity contribution in [2.75, 3.05) is 11.9 Å². The summed E-state index contributed by atoms with van der Waals surface area (Å²) < 4.78 is 0.883. The minimum atomic E-state index is 0.262. The lowest BCUT2D eigenvalue weighted by molar-refractivity contribution is 0.612. The van der Waals surface area contributed by atoms with E-state index in [2.05, 4.69) is 38.1 Å². The first-order valence-electron chi connectivity index (χ1n) is 4.69. The Hall–Kier alpha value is -0.680. The van der Waals surface area contributed by atoms with Crippen LogP contribution in [0.1, 0.15) is 19.8 Å². The topological polar surface area (TPSA) is 63.8 Å². The molecule has 1 atom stereocenters. The van der Waals surface area contributed by atoms with E-state index in [1.807, 2.05) is 0 Å². The summed E-state index contributed by atoms with van der Waals surface area (Å²) in [7, 11) is 0. The molecule has 78 valence electrons. The predicted molar refractivity (Wildman–Crippen MR) is 61.1 cm³/mol. The van der Waals surface area contributed by atoms with E-state index in [0.717, 1.165) is 23.9 Å². The van der Waals surface area contributed by atoms with Crippen LogP contribution in [0.5, 0.6) is 0 Å². The number of hydrogen-bond donors (Lipinski definition) is 2. The second-order valence-corrected chi connectivity index (χ2v) is 4.02. The van der Waals surface area contributed by atoms with Gasteiger partial charge in [-0.3, -0.25) is 0 Å². The van der Waals surface area contributed by atoms with Gasteiger partial charge in [-0.15, -0.1) is 0 Å². The molecule has 1 aromatic heterocycles. The summed E-state index contributed by atoms with van der Waals surface area (Å²) in [6, 6.07) is 0.262. The van der Waals surface area contributed by atoms with E-state index in [-0.39, 0.29) is 6.04 Å². The Kier molecular flexibility index (Phi) is 4.82. The van der Waals surface area contributed by atoms with Gasteiger partial charge in [0.1, 0.15) is 0 Å². The fraction of sp³-hybridized carbons (Fsp3) is 0.556. The first-order chi connectivity index (χ1) is 6.72. The first-order valence-corrected chi connectivity index (χ1v) is 5.48. The third-order valence-corrected chi connectivity index (χ3v) is 2.35. The molecule has 1 heterocycles. The third kappa shape index (κ3) is 4.02. The Bertz CT molecular complexity index is 262. The summed E-state index contributed by atoms with van der Waals surface area (Å²) in [5, 5.41) is 3.11. The van der Waals surface area contributed by atoms with Gasteiger partial charge < -0.3 is 11.1 Å². The van der Waals surface area contributed by atoms with Crippen LogP contribution < -0.4 is 11.1 Å². The number of aromatic nitrogens is 2. The van der Waals surface area contributed by atoms with Crippen molar-refractivity contribution in [2.24, 2.45) is 5.73 Å². The van der Waals surface area contributed by atoms with Crippen LogP contribution in [-0.2, 0) is 0 Å². The highest BCUT2D eigenvalue weighted by atomic mass is 79.9. The lowest BCUT2D eigenvalue weighted by Crippen LogP contribution is -2.22. The van der Waals surface area contributed by atoms with Crippen LogP contribution in [0.2, 0.25) is 0 Å². The van der Waals surface area contributed by atoms with Crippen molar-refractivity contribution in [3.63, 3.8) is 0 Å². The van der Waals surface area contributed by atoms with Gasteiger partial charge in [-0.1, -0.05) is 6.92 Å². The fourth-order valence-electron chi connectivity index (χ4n) is 0.977. The maximum absolute atomic E-state index is 5.77. The van der Waals surface area contributed by atoms with Gasteiger partial charge >= 0.3 is 0 Å². The van der Waals surface area contributed by atoms with Crippen molar-refractivity contribution in [2.45, 2.75) is 25.8 Å². The second-order valence-electron chi connectivity index (χ2n) is 3.11. The molecule has 1 unspecified atom stereocenters. The minimum Gasteiger partial charge on any atom is -0.354 e. The molecule has 0 aromatic carbocycles. The van der Waals surface area contributed by atoms with Crippen LogP contribution >= 0.6 is 15.9 Å². The molecule has 0 bridgehead atoms. The number of halogens is 1. The summed E-state index contributed by atoms with van der Waals surface area (Å²) in [6.07, 6.45) is 5.38. The van der Waals surface area contributed by atoms with E-state index >= 15 is 0 Å². The van der Waals surface area contributed by atoms with Gasteiger partial charge in [0, 0.05) is 25.0 Å². The van der Waals surface area contributed by atoms with Crippen LogP contribution in [-0.4, -0.2) is 22.6 Å². The highest BCUT2D eigenvalue weighted by Crippen LogP contribution is 2.06. The maximum Gasteiger partial charge on any atom is 0.222 e. The molecule has 1 aromatic rings. The molecule has 0 radical (unpaired) electrons. The van der Waals surface area contributed by atoms with Crippen LogP contribution in [0, 0.1) is 0 Å². The summed E-state index contributed by atoms with van der Waals surface area (Å²) in [6.45, 7) is 2.90. The zero-order chi connectivity index (χ0) is 10.4. The quantitative estimate of drug-likeness (QED) is 0.846. The lowest BCUT2D eigenvalue weighted by atomic mass is 10.2. The molecule has 4 nitrogen and oxygen atoms in total. The van der Waals surface area contributed by atoms with Gasteiger partial charge in [-0.05, 0) is 28.8 Å². The Balaban J connectivity index is 2.28. The molecule has 3 N–H and O–H groups in total. The van der Waals surface area contributed by atoms with E-state index in [9.17, 15) is 0 Å². The van der Waals surface area contributed by atoms with E-state index in [0.29, 0.717) is 5.95 Å². The smallest absolute Gasteiger partial charge is 0.222 e. The molecule has 1 rings (SSSR count). The van der Waals surface area contributed by atoms with Crippen molar-refractivity contribution in [3.05, 3.63) is 16.9 Å². The third-order valence-electron chi connectivity index (χ3n) is 1.94. The SMILES string of the molecule is CCC(N)CCNc1ncc(Br)cn1. The summed E-state index contributed by atoms with van der Waals surface area (Å²) >= 11 is 3.28. The molecule has 5 heteroatoms. The predicted octanol–water partition coefficient (Wildman–Crippen LogP) is 1.78. The largest absolute Gasteiger partial charge is 0.354 e. The standard InChI is InChI=1S/C9H15BrN4/c1-2-8(11)3-4-12-9-13-5-7(10)6-14-9/h5-6,8H,2-4,11H2,1H3,(H,12,13,14). The normalized spacial score (nSPS) is 12.5. The molecule has 0 spiro atoms. The Morgan fingerprint density at radius 1 is 1.50 bits per heavy atom. The summed E-state index contributed by atoms with van der Waals surface area (Å²) in [5.41, 5.74) is 5.77. The van der Waals surface area contributed by atoms with Gasteiger partial charge in [0.05, 0.1) is 4.47 Å². The van der Waals surface area contributed by atoms with E-state index in [1.54, 1.807) is 12.4 Å². The van der Waals surface area contributed by atoms with Crippen molar-refractivity contribution in [1.82, 2.24) is 9.97 Å². The highest BCUT2D eigenvalue weighted by Gasteiger charge is 1.99. The van der Waals surface area contributed by atoms with Gasteiger partial charge in [-0.2, -0.15) is 0 Å². The molecule has 0 aliphatic carbocycles. The maximum atomic E-state index is 5.77. The first kappa shape index (κ1) is 11.4. The van der Waals surface area contributed by atoms with Gasteiger partial charge in [0.15, 0.2) is 0 Å². The zero-order valence-electron chi connectivity index (χ0n) is 8.20. The van der Waals surface area contributed by atoms with Crippen molar-refractivity contribution in [3.8, 4) is 0 Å². The lowest BCUT2D eigenvalue weighted by Gasteiger charge is -2.08. The van der Waals surface area contributed by atoms with Crippen molar-refractivity contribution < 1.29 is 0 Å².